The van der Waals surface area contributed by atoms with E-state index in [1.807, 2.05) is 22.8 Å². The van der Waals surface area contributed by atoms with Crippen LogP contribution in [0.25, 0.3) is 0 Å². The Kier molecular flexibility index (Phi) is 8.72. The number of aryl methyl sites for hydroxylation is 1. The highest BCUT2D eigenvalue weighted by Crippen LogP contribution is 2.29. The summed E-state index contributed by atoms with van der Waals surface area (Å²) in [6.45, 7) is 7.09. The summed E-state index contributed by atoms with van der Waals surface area (Å²) in [6.07, 6.45) is 12.3. The van der Waals surface area contributed by atoms with Crippen molar-refractivity contribution in [2.24, 2.45) is 18.9 Å². The van der Waals surface area contributed by atoms with E-state index < -0.39 is 0 Å². The Labute approximate surface area is 193 Å². The fourth-order valence-corrected chi connectivity index (χ4v) is 5.03. The zero-order chi connectivity index (χ0) is 23.1. The van der Waals surface area contributed by atoms with Crippen molar-refractivity contribution in [1.29, 1.82) is 0 Å². The van der Waals surface area contributed by atoms with Crippen LogP contribution in [0.5, 0.6) is 0 Å². The lowest BCUT2D eigenvalue weighted by Crippen LogP contribution is -2.43. The van der Waals surface area contributed by atoms with Crippen LogP contribution < -0.4 is 11.2 Å². The van der Waals surface area contributed by atoms with Crippen molar-refractivity contribution in [3.63, 3.8) is 0 Å². The van der Waals surface area contributed by atoms with Gasteiger partial charge in [-0.2, -0.15) is 0 Å². The topological polar surface area (TPSA) is 44.0 Å². The van der Waals surface area contributed by atoms with Gasteiger partial charge in [0.25, 0.3) is 5.56 Å². The summed E-state index contributed by atoms with van der Waals surface area (Å²) in [5.74, 6) is 1.12. The second kappa shape index (κ2) is 11.5. The van der Waals surface area contributed by atoms with Gasteiger partial charge in [0.2, 0.25) is 0 Å². The van der Waals surface area contributed by atoms with Gasteiger partial charge in [0.05, 0.1) is 0 Å². The van der Waals surface area contributed by atoms with Crippen molar-refractivity contribution >= 4 is 0 Å². The van der Waals surface area contributed by atoms with Gasteiger partial charge < -0.3 is 0 Å². The van der Waals surface area contributed by atoms with Gasteiger partial charge in [0, 0.05) is 31.3 Å². The smallest absolute Gasteiger partial charge is 0.297 e. The minimum absolute atomic E-state index is 0.140. The number of rotatable bonds is 9. The molecule has 1 heterocycles. The maximum absolute atomic E-state index is 13.2. The predicted molar refractivity (Wildman–Crippen MR) is 133 cm³/mol. The van der Waals surface area contributed by atoms with Gasteiger partial charge in [-0.05, 0) is 43.6 Å². The molecule has 0 atom stereocenters. The summed E-state index contributed by atoms with van der Waals surface area (Å²) in [7, 11) is 1.61. The average molecular weight is 437 g/mol. The van der Waals surface area contributed by atoms with Crippen LogP contribution in [0.1, 0.15) is 76.1 Å². The Bertz CT molecular complexity index is 1020. The summed E-state index contributed by atoms with van der Waals surface area (Å²) in [6, 6.07) is 10.3. The summed E-state index contributed by atoms with van der Waals surface area (Å²) < 4.78 is 3.15. The Morgan fingerprint density at radius 2 is 1.75 bits per heavy atom. The molecule has 0 spiro atoms. The van der Waals surface area contributed by atoms with Crippen molar-refractivity contribution in [1.82, 2.24) is 9.13 Å². The fraction of sp³-hybridized carbons (Fsp3) is 0.571. The first kappa shape index (κ1) is 24.3. The summed E-state index contributed by atoms with van der Waals surface area (Å²) in [5, 5.41) is 0. The molecule has 1 aromatic carbocycles. The monoisotopic (exact) mass is 436 g/mol. The predicted octanol–water partition coefficient (Wildman–Crippen LogP) is 5.45. The highest BCUT2D eigenvalue weighted by Gasteiger charge is 2.18. The molecular weight excluding hydrogens is 396 g/mol. The molecule has 2 aromatic rings. The van der Waals surface area contributed by atoms with Gasteiger partial charge in [0.1, 0.15) is 0 Å². The summed E-state index contributed by atoms with van der Waals surface area (Å²) in [4.78, 5) is 26.2. The molecule has 0 N–H and O–H groups in total. The van der Waals surface area contributed by atoms with E-state index in [0.29, 0.717) is 25.3 Å². The molecular formula is C28H40N2O2. The van der Waals surface area contributed by atoms with E-state index in [2.05, 4.69) is 39.0 Å². The first-order chi connectivity index (χ1) is 15.4. The third kappa shape index (κ3) is 6.34. The normalized spacial score (nSPS) is 15.5. The Hall–Kier alpha value is -2.36. The standard InChI is InChI=1S/C28H40N2O2/c1-21(2)20-30-26(18-15-22(3)19-24-13-9-6-10-14-24)25(27(31)29(4)28(30)32)17-16-23-11-7-5-8-12-23/h5,7-8,11-12,15,21,24H,6,9-10,13-14,16-20H2,1-4H3/b22-15+. The number of aromatic nitrogens is 2. The Balaban J connectivity index is 1.93. The molecule has 32 heavy (non-hydrogen) atoms. The second-order valence-electron chi connectivity index (χ2n) is 10.0. The lowest BCUT2D eigenvalue weighted by atomic mass is 9.85. The Morgan fingerprint density at radius 1 is 1.06 bits per heavy atom. The highest BCUT2D eigenvalue weighted by molar-refractivity contribution is 5.25. The summed E-state index contributed by atoms with van der Waals surface area (Å²) in [5.41, 5.74) is 3.96. The molecule has 174 valence electrons. The third-order valence-electron chi connectivity index (χ3n) is 6.79. The van der Waals surface area contributed by atoms with E-state index in [-0.39, 0.29) is 11.2 Å². The van der Waals surface area contributed by atoms with Gasteiger partial charge in [-0.1, -0.05) is 87.9 Å². The molecule has 0 amide bonds. The van der Waals surface area contributed by atoms with Crippen molar-refractivity contribution in [2.45, 2.75) is 85.1 Å². The van der Waals surface area contributed by atoms with E-state index in [1.54, 1.807) is 7.05 Å². The number of hydrogen-bond acceptors (Lipinski definition) is 2. The maximum Gasteiger partial charge on any atom is 0.330 e. The van der Waals surface area contributed by atoms with Crippen molar-refractivity contribution < 1.29 is 0 Å². The molecule has 1 aliphatic carbocycles. The number of nitrogens with zero attached hydrogens (tertiary/aromatic N) is 2. The molecule has 0 radical (unpaired) electrons. The molecule has 1 aliphatic rings. The molecule has 0 bridgehead atoms. The van der Waals surface area contributed by atoms with Gasteiger partial charge in [-0.25, -0.2) is 4.79 Å². The van der Waals surface area contributed by atoms with Crippen LogP contribution >= 0.6 is 0 Å². The average Bonchev–Trinajstić information content (AvgIpc) is 2.79. The van der Waals surface area contributed by atoms with Crippen LogP contribution in [0.3, 0.4) is 0 Å². The minimum atomic E-state index is -0.194. The lowest BCUT2D eigenvalue weighted by molar-refractivity contribution is 0.356. The van der Waals surface area contributed by atoms with Crippen molar-refractivity contribution in [2.75, 3.05) is 0 Å². The van der Waals surface area contributed by atoms with Crippen LogP contribution in [-0.2, 0) is 32.9 Å². The Morgan fingerprint density at radius 3 is 2.41 bits per heavy atom. The molecule has 4 nitrogen and oxygen atoms in total. The molecule has 3 rings (SSSR count). The fourth-order valence-electron chi connectivity index (χ4n) is 5.03. The van der Waals surface area contributed by atoms with Gasteiger partial charge in [0.15, 0.2) is 0 Å². The maximum atomic E-state index is 13.2. The second-order valence-corrected chi connectivity index (χ2v) is 10.0. The zero-order valence-corrected chi connectivity index (χ0v) is 20.4. The van der Waals surface area contributed by atoms with Crippen LogP contribution in [0.4, 0.5) is 0 Å². The largest absolute Gasteiger partial charge is 0.330 e. The van der Waals surface area contributed by atoms with E-state index >= 15 is 0 Å². The van der Waals surface area contributed by atoms with Gasteiger partial charge in [-0.3, -0.25) is 13.9 Å². The van der Waals surface area contributed by atoms with Crippen LogP contribution in [0, 0.1) is 11.8 Å². The molecule has 0 aliphatic heterocycles. The molecule has 0 saturated heterocycles. The zero-order valence-electron chi connectivity index (χ0n) is 20.4. The number of benzene rings is 1. The first-order valence-electron chi connectivity index (χ1n) is 12.4. The molecule has 4 heteroatoms. The van der Waals surface area contributed by atoms with E-state index in [4.69, 9.17) is 0 Å². The van der Waals surface area contributed by atoms with Crippen molar-refractivity contribution in [3.8, 4) is 0 Å². The van der Waals surface area contributed by atoms with Crippen LogP contribution in [0.15, 0.2) is 51.6 Å². The molecule has 1 aromatic heterocycles. The SMILES string of the molecule is C/C(=C\Cc1c(CCc2ccccc2)c(=O)n(C)c(=O)n1CC(C)C)CC1CCCCC1. The van der Waals surface area contributed by atoms with Crippen molar-refractivity contribution in [3.05, 3.63) is 79.6 Å². The van der Waals surface area contributed by atoms with Crippen LogP contribution in [0.2, 0.25) is 0 Å². The highest BCUT2D eigenvalue weighted by atomic mass is 16.2. The molecule has 1 fully saturated rings. The number of allylic oxidation sites excluding steroid dienone is 2. The molecule has 0 unspecified atom stereocenters. The van der Waals surface area contributed by atoms with E-state index in [9.17, 15) is 9.59 Å². The summed E-state index contributed by atoms with van der Waals surface area (Å²) >= 11 is 0. The first-order valence-corrected chi connectivity index (χ1v) is 12.4. The van der Waals surface area contributed by atoms with E-state index in [1.165, 1.54) is 47.8 Å². The minimum Gasteiger partial charge on any atom is -0.297 e. The van der Waals surface area contributed by atoms with Gasteiger partial charge in [-0.15, -0.1) is 0 Å². The van der Waals surface area contributed by atoms with Crippen LogP contribution in [-0.4, -0.2) is 9.13 Å². The van der Waals surface area contributed by atoms with E-state index in [0.717, 1.165) is 30.0 Å². The quantitative estimate of drug-likeness (QED) is 0.491. The third-order valence-corrected chi connectivity index (χ3v) is 6.79. The number of hydrogen-bond donors (Lipinski definition) is 0. The van der Waals surface area contributed by atoms with Gasteiger partial charge >= 0.3 is 5.69 Å². The lowest BCUT2D eigenvalue weighted by Gasteiger charge is -2.22. The molecule has 1 saturated carbocycles.